The van der Waals surface area contributed by atoms with Gasteiger partial charge in [-0.1, -0.05) is 68.3 Å². The molecule has 0 bridgehead atoms. The van der Waals surface area contributed by atoms with E-state index in [0.717, 1.165) is 20.1 Å². The minimum absolute atomic E-state index is 0.206. The van der Waals surface area contributed by atoms with Gasteiger partial charge in [0.2, 0.25) is 0 Å². The van der Waals surface area contributed by atoms with Gasteiger partial charge in [-0.05, 0) is 23.3 Å². The van der Waals surface area contributed by atoms with Crippen molar-refractivity contribution in [3.05, 3.63) is 68.6 Å². The third-order valence-corrected chi connectivity index (χ3v) is 4.31. The molecule has 21 heavy (non-hydrogen) atoms. The van der Waals surface area contributed by atoms with Crippen molar-refractivity contribution in [3.8, 4) is 0 Å². The van der Waals surface area contributed by atoms with Gasteiger partial charge < -0.3 is 14.2 Å². The molecule has 2 aromatic rings. The zero-order chi connectivity index (χ0) is 14.9. The van der Waals surface area contributed by atoms with Crippen LogP contribution in [-0.2, 0) is 27.4 Å². The molecular weight excluding hydrogens is 400 g/mol. The second-order valence-electron chi connectivity index (χ2n) is 4.32. The predicted octanol–water partition coefficient (Wildman–Crippen LogP) is 4.88. The Bertz CT molecular complexity index is 511. The molecule has 5 heteroatoms. The Morgan fingerprint density at radius 1 is 0.619 bits per heavy atom. The first-order chi connectivity index (χ1) is 10.3. The van der Waals surface area contributed by atoms with Crippen LogP contribution in [0.15, 0.2) is 57.5 Å². The number of halogens is 2. The maximum absolute atomic E-state index is 5.44. The first kappa shape index (κ1) is 16.6. The average Bonchev–Trinajstić information content (AvgIpc) is 2.50. The van der Waals surface area contributed by atoms with Crippen molar-refractivity contribution in [1.29, 1.82) is 0 Å². The zero-order valence-corrected chi connectivity index (χ0v) is 14.6. The first-order valence-corrected chi connectivity index (χ1v) is 8.06. The van der Waals surface area contributed by atoms with Crippen molar-refractivity contribution in [2.75, 3.05) is 13.6 Å². The normalized spacial score (nSPS) is 10.8. The Labute approximate surface area is 141 Å². The summed E-state index contributed by atoms with van der Waals surface area (Å²) >= 11 is 6.95. The van der Waals surface area contributed by atoms with Crippen LogP contribution in [0.5, 0.6) is 0 Å². The SMILES string of the molecule is Brc1ccccc1COCOCOCc1ccccc1Br. The molecule has 0 heterocycles. The maximum atomic E-state index is 5.44. The van der Waals surface area contributed by atoms with Crippen LogP contribution in [0.2, 0.25) is 0 Å². The summed E-state index contributed by atoms with van der Waals surface area (Å²) in [5, 5.41) is 0. The van der Waals surface area contributed by atoms with E-state index in [2.05, 4.69) is 31.9 Å². The molecule has 0 aliphatic rings. The van der Waals surface area contributed by atoms with E-state index in [4.69, 9.17) is 14.2 Å². The van der Waals surface area contributed by atoms with E-state index in [1.165, 1.54) is 0 Å². The lowest BCUT2D eigenvalue weighted by atomic mass is 10.2. The highest BCUT2D eigenvalue weighted by molar-refractivity contribution is 9.10. The van der Waals surface area contributed by atoms with Crippen molar-refractivity contribution in [2.45, 2.75) is 13.2 Å². The van der Waals surface area contributed by atoms with Gasteiger partial charge in [-0.25, -0.2) is 0 Å². The third kappa shape index (κ3) is 5.88. The Balaban J connectivity index is 1.57. The minimum atomic E-state index is 0.206. The van der Waals surface area contributed by atoms with Gasteiger partial charge in [-0.2, -0.15) is 0 Å². The van der Waals surface area contributed by atoms with Crippen molar-refractivity contribution in [3.63, 3.8) is 0 Å². The second-order valence-corrected chi connectivity index (χ2v) is 6.03. The fourth-order valence-corrected chi connectivity index (χ4v) is 2.48. The smallest absolute Gasteiger partial charge is 0.150 e. The van der Waals surface area contributed by atoms with Crippen molar-refractivity contribution in [1.82, 2.24) is 0 Å². The van der Waals surface area contributed by atoms with Crippen LogP contribution < -0.4 is 0 Å². The van der Waals surface area contributed by atoms with Crippen LogP contribution >= 0.6 is 31.9 Å². The molecule has 0 aromatic heterocycles. The second kappa shape index (κ2) is 9.33. The van der Waals surface area contributed by atoms with Gasteiger partial charge in [-0.3, -0.25) is 0 Å². The van der Waals surface area contributed by atoms with Gasteiger partial charge in [0.1, 0.15) is 13.6 Å². The van der Waals surface area contributed by atoms with E-state index in [9.17, 15) is 0 Å². The van der Waals surface area contributed by atoms with Gasteiger partial charge in [0, 0.05) is 8.95 Å². The molecule has 0 saturated carbocycles. The molecule has 3 nitrogen and oxygen atoms in total. The van der Waals surface area contributed by atoms with Gasteiger partial charge in [0.25, 0.3) is 0 Å². The fraction of sp³-hybridized carbons (Fsp3) is 0.250. The van der Waals surface area contributed by atoms with Crippen LogP contribution in [0, 0.1) is 0 Å². The average molecular weight is 416 g/mol. The summed E-state index contributed by atoms with van der Waals surface area (Å²) in [4.78, 5) is 0. The van der Waals surface area contributed by atoms with Crippen LogP contribution in [0.4, 0.5) is 0 Å². The summed E-state index contributed by atoms with van der Waals surface area (Å²) < 4.78 is 18.2. The molecule has 0 unspecified atom stereocenters. The van der Waals surface area contributed by atoms with Crippen molar-refractivity contribution >= 4 is 31.9 Å². The molecule has 0 saturated heterocycles. The predicted molar refractivity (Wildman–Crippen MR) is 88.7 cm³/mol. The standard InChI is InChI=1S/C16H16Br2O3/c17-15-7-3-1-5-13(15)9-19-11-21-12-20-10-14-6-2-4-8-16(14)18/h1-8H,9-12H2. The Hall–Kier alpha value is -0.720. The zero-order valence-electron chi connectivity index (χ0n) is 11.4. The number of benzene rings is 2. The third-order valence-electron chi connectivity index (χ3n) is 2.76. The summed E-state index contributed by atoms with van der Waals surface area (Å²) in [5.41, 5.74) is 2.19. The molecule has 112 valence electrons. The molecule has 0 aliphatic heterocycles. The minimum Gasteiger partial charge on any atom is -0.351 e. The van der Waals surface area contributed by atoms with Gasteiger partial charge in [0.15, 0.2) is 0 Å². The molecular formula is C16H16Br2O3. The van der Waals surface area contributed by atoms with Crippen LogP contribution in [0.25, 0.3) is 0 Å². The topological polar surface area (TPSA) is 27.7 Å². The Morgan fingerprint density at radius 3 is 1.48 bits per heavy atom. The van der Waals surface area contributed by atoms with Crippen molar-refractivity contribution in [2.24, 2.45) is 0 Å². The van der Waals surface area contributed by atoms with Crippen LogP contribution in [-0.4, -0.2) is 13.6 Å². The number of ether oxygens (including phenoxy) is 3. The lowest BCUT2D eigenvalue weighted by Gasteiger charge is -2.08. The fourth-order valence-electron chi connectivity index (χ4n) is 1.69. The highest BCUT2D eigenvalue weighted by atomic mass is 79.9. The Kier molecular flexibility index (Phi) is 7.39. The Morgan fingerprint density at radius 2 is 1.05 bits per heavy atom. The van der Waals surface area contributed by atoms with E-state index >= 15 is 0 Å². The first-order valence-electron chi connectivity index (χ1n) is 6.47. The van der Waals surface area contributed by atoms with E-state index < -0.39 is 0 Å². The summed E-state index contributed by atoms with van der Waals surface area (Å²) in [6.07, 6.45) is 0. The highest BCUT2D eigenvalue weighted by Gasteiger charge is 2.00. The van der Waals surface area contributed by atoms with E-state index in [1.54, 1.807) is 0 Å². The quantitative estimate of drug-likeness (QED) is 0.454. The lowest BCUT2D eigenvalue weighted by Crippen LogP contribution is -2.05. The van der Waals surface area contributed by atoms with Gasteiger partial charge in [0.05, 0.1) is 13.2 Å². The number of hydrogen-bond donors (Lipinski definition) is 0. The molecule has 0 N–H and O–H groups in total. The van der Waals surface area contributed by atoms with Crippen molar-refractivity contribution < 1.29 is 14.2 Å². The lowest BCUT2D eigenvalue weighted by molar-refractivity contribution is -0.139. The molecule has 0 atom stereocenters. The van der Waals surface area contributed by atoms with E-state index in [-0.39, 0.29) is 13.6 Å². The summed E-state index contributed by atoms with van der Waals surface area (Å²) in [5.74, 6) is 0. The van der Waals surface area contributed by atoms with E-state index in [1.807, 2.05) is 48.5 Å². The monoisotopic (exact) mass is 414 g/mol. The largest absolute Gasteiger partial charge is 0.351 e. The molecule has 2 aromatic carbocycles. The summed E-state index contributed by atoms with van der Waals surface area (Å²) in [6, 6.07) is 15.9. The van der Waals surface area contributed by atoms with Gasteiger partial charge in [-0.15, -0.1) is 0 Å². The molecule has 0 amide bonds. The van der Waals surface area contributed by atoms with Gasteiger partial charge >= 0.3 is 0 Å². The number of rotatable bonds is 8. The molecule has 0 radical (unpaired) electrons. The summed E-state index contributed by atoms with van der Waals surface area (Å²) in [7, 11) is 0. The molecule has 0 fully saturated rings. The van der Waals surface area contributed by atoms with Crippen LogP contribution in [0.3, 0.4) is 0 Å². The molecule has 0 spiro atoms. The molecule has 0 aliphatic carbocycles. The van der Waals surface area contributed by atoms with E-state index in [0.29, 0.717) is 13.2 Å². The summed E-state index contributed by atoms with van der Waals surface area (Å²) in [6.45, 7) is 1.42. The van der Waals surface area contributed by atoms with Crippen LogP contribution in [0.1, 0.15) is 11.1 Å². The highest BCUT2D eigenvalue weighted by Crippen LogP contribution is 2.17. The maximum Gasteiger partial charge on any atom is 0.150 e. The molecule has 2 rings (SSSR count). The number of hydrogen-bond acceptors (Lipinski definition) is 3.